The van der Waals surface area contributed by atoms with Crippen LogP contribution in [0.1, 0.15) is 0 Å². The summed E-state index contributed by atoms with van der Waals surface area (Å²) >= 11 is 6.03. The Kier molecular flexibility index (Phi) is 3.20. The molecule has 1 aromatic carbocycles. The lowest BCUT2D eigenvalue weighted by Gasteiger charge is -2.11. The molecule has 6 heteroatoms. The van der Waals surface area contributed by atoms with Crippen LogP contribution in [0.4, 0.5) is 11.5 Å². The van der Waals surface area contributed by atoms with Crippen molar-refractivity contribution in [3.05, 3.63) is 41.8 Å². The van der Waals surface area contributed by atoms with Crippen molar-refractivity contribution in [2.24, 2.45) is 7.05 Å². The fourth-order valence-electron chi connectivity index (χ4n) is 2.08. The smallest absolute Gasteiger partial charge is 0.145 e. The average molecular weight is 289 g/mol. The summed E-state index contributed by atoms with van der Waals surface area (Å²) in [5.74, 6) is 1.42. The van der Waals surface area contributed by atoms with Crippen LogP contribution < -0.4 is 10.1 Å². The van der Waals surface area contributed by atoms with Crippen LogP contribution in [0.3, 0.4) is 0 Å². The third kappa shape index (κ3) is 2.16. The lowest BCUT2D eigenvalue weighted by atomic mass is 10.2. The van der Waals surface area contributed by atoms with Gasteiger partial charge in [0, 0.05) is 18.3 Å². The van der Waals surface area contributed by atoms with Gasteiger partial charge in [-0.05, 0) is 24.3 Å². The number of rotatable bonds is 3. The van der Waals surface area contributed by atoms with Gasteiger partial charge >= 0.3 is 0 Å². The summed E-state index contributed by atoms with van der Waals surface area (Å²) in [7, 11) is 3.56. The Balaban J connectivity index is 2.07. The zero-order chi connectivity index (χ0) is 14.1. The minimum absolute atomic E-state index is 0.631. The highest BCUT2D eigenvalue weighted by atomic mass is 35.5. The van der Waals surface area contributed by atoms with E-state index in [9.17, 15) is 0 Å². The summed E-state index contributed by atoms with van der Waals surface area (Å²) < 4.78 is 7.26. The number of methoxy groups -OCH3 is 1. The highest BCUT2D eigenvalue weighted by molar-refractivity contribution is 6.31. The van der Waals surface area contributed by atoms with Gasteiger partial charge in [0.2, 0.25) is 0 Å². The minimum atomic E-state index is 0.631. The lowest BCUT2D eigenvalue weighted by molar-refractivity contribution is 0.417. The summed E-state index contributed by atoms with van der Waals surface area (Å²) in [6.45, 7) is 0. The van der Waals surface area contributed by atoms with Crippen molar-refractivity contribution < 1.29 is 4.74 Å². The van der Waals surface area contributed by atoms with Crippen molar-refractivity contribution in [3.8, 4) is 5.75 Å². The maximum atomic E-state index is 6.03. The van der Waals surface area contributed by atoms with Gasteiger partial charge in [0.25, 0.3) is 0 Å². The van der Waals surface area contributed by atoms with Gasteiger partial charge < -0.3 is 14.6 Å². The first-order valence-corrected chi connectivity index (χ1v) is 6.43. The van der Waals surface area contributed by atoms with Gasteiger partial charge in [0.1, 0.15) is 23.5 Å². The molecular formula is C14H13ClN4O. The van der Waals surface area contributed by atoms with Crippen LogP contribution in [-0.2, 0) is 7.05 Å². The topological polar surface area (TPSA) is 52.0 Å². The molecule has 0 aliphatic carbocycles. The predicted molar refractivity (Wildman–Crippen MR) is 79.8 cm³/mol. The molecule has 3 aromatic rings. The Morgan fingerprint density at radius 2 is 2.10 bits per heavy atom. The van der Waals surface area contributed by atoms with Crippen LogP contribution in [0.15, 0.2) is 36.8 Å². The van der Waals surface area contributed by atoms with Crippen molar-refractivity contribution in [3.63, 3.8) is 0 Å². The zero-order valence-corrected chi connectivity index (χ0v) is 11.8. The number of nitrogens with one attached hydrogen (secondary N) is 1. The number of benzene rings is 1. The number of anilines is 2. The van der Waals surface area contributed by atoms with Crippen LogP contribution in [0.25, 0.3) is 11.0 Å². The molecule has 0 saturated heterocycles. The van der Waals surface area contributed by atoms with E-state index in [0.29, 0.717) is 10.8 Å². The van der Waals surface area contributed by atoms with Gasteiger partial charge in [0.05, 0.1) is 18.2 Å². The third-order valence-corrected chi connectivity index (χ3v) is 3.31. The second-order valence-electron chi connectivity index (χ2n) is 4.36. The number of halogens is 1. The van der Waals surface area contributed by atoms with E-state index in [4.69, 9.17) is 16.3 Å². The first kappa shape index (κ1) is 12.7. The monoisotopic (exact) mass is 288 g/mol. The molecule has 0 bridgehead atoms. The molecule has 102 valence electrons. The molecule has 2 aromatic heterocycles. The third-order valence-electron chi connectivity index (χ3n) is 3.08. The second-order valence-corrected chi connectivity index (χ2v) is 4.79. The van der Waals surface area contributed by atoms with E-state index in [1.54, 1.807) is 19.2 Å². The molecule has 0 amide bonds. The largest absolute Gasteiger partial charge is 0.495 e. The predicted octanol–water partition coefficient (Wildman–Crippen LogP) is 3.37. The van der Waals surface area contributed by atoms with Crippen LogP contribution >= 0.6 is 11.6 Å². The van der Waals surface area contributed by atoms with E-state index in [2.05, 4.69) is 15.3 Å². The molecule has 0 spiro atoms. The summed E-state index contributed by atoms with van der Waals surface area (Å²) in [6, 6.07) is 7.36. The molecule has 1 N–H and O–H groups in total. The van der Waals surface area contributed by atoms with Gasteiger partial charge in [-0.3, -0.25) is 0 Å². The van der Waals surface area contributed by atoms with E-state index in [1.807, 2.05) is 29.9 Å². The van der Waals surface area contributed by atoms with Gasteiger partial charge in [-0.15, -0.1) is 0 Å². The summed E-state index contributed by atoms with van der Waals surface area (Å²) in [4.78, 5) is 8.54. The Bertz CT molecular complexity index is 769. The van der Waals surface area contributed by atoms with Crippen molar-refractivity contribution in [1.82, 2.24) is 14.5 Å². The van der Waals surface area contributed by atoms with E-state index >= 15 is 0 Å². The van der Waals surface area contributed by atoms with Gasteiger partial charge in [-0.25, -0.2) is 9.97 Å². The highest BCUT2D eigenvalue weighted by Crippen LogP contribution is 2.31. The molecule has 0 saturated carbocycles. The average Bonchev–Trinajstić information content (AvgIpc) is 2.82. The Morgan fingerprint density at radius 1 is 1.25 bits per heavy atom. The molecule has 0 radical (unpaired) electrons. The van der Waals surface area contributed by atoms with Crippen LogP contribution in [0.2, 0.25) is 5.02 Å². The summed E-state index contributed by atoms with van der Waals surface area (Å²) in [6.07, 6.45) is 3.47. The Labute approximate surface area is 121 Å². The number of aryl methyl sites for hydroxylation is 1. The maximum Gasteiger partial charge on any atom is 0.145 e. The van der Waals surface area contributed by atoms with Crippen LogP contribution in [0.5, 0.6) is 5.75 Å². The molecule has 20 heavy (non-hydrogen) atoms. The van der Waals surface area contributed by atoms with E-state index in [1.165, 1.54) is 6.33 Å². The molecule has 3 rings (SSSR count). The molecule has 0 atom stereocenters. The van der Waals surface area contributed by atoms with E-state index in [-0.39, 0.29) is 0 Å². The fraction of sp³-hybridized carbons (Fsp3) is 0.143. The van der Waals surface area contributed by atoms with Gasteiger partial charge in [-0.2, -0.15) is 0 Å². The minimum Gasteiger partial charge on any atom is -0.495 e. The molecular weight excluding hydrogens is 276 g/mol. The van der Waals surface area contributed by atoms with Crippen molar-refractivity contribution in [2.75, 3.05) is 12.4 Å². The van der Waals surface area contributed by atoms with Crippen molar-refractivity contribution >= 4 is 34.1 Å². The molecule has 2 heterocycles. The Hall–Kier alpha value is -2.27. The van der Waals surface area contributed by atoms with E-state index in [0.717, 1.165) is 22.5 Å². The number of nitrogens with zero attached hydrogens (tertiary/aromatic N) is 3. The van der Waals surface area contributed by atoms with Crippen molar-refractivity contribution in [1.29, 1.82) is 0 Å². The summed E-state index contributed by atoms with van der Waals surface area (Å²) in [5.41, 5.74) is 1.63. The SMILES string of the molecule is COc1ccc(Cl)cc1Nc1ncnc2c1ccn2C. The number of ether oxygens (including phenoxy) is 1. The molecule has 0 unspecified atom stereocenters. The molecule has 5 nitrogen and oxygen atoms in total. The number of aromatic nitrogens is 3. The second kappa shape index (κ2) is 5.02. The molecule has 0 aliphatic heterocycles. The number of hydrogen-bond donors (Lipinski definition) is 1. The van der Waals surface area contributed by atoms with Gasteiger partial charge in [0.15, 0.2) is 0 Å². The van der Waals surface area contributed by atoms with Crippen LogP contribution in [0, 0.1) is 0 Å². The number of fused-ring (bicyclic) bond motifs is 1. The highest BCUT2D eigenvalue weighted by Gasteiger charge is 2.10. The lowest BCUT2D eigenvalue weighted by Crippen LogP contribution is -1.98. The van der Waals surface area contributed by atoms with Gasteiger partial charge in [-0.1, -0.05) is 11.6 Å². The first-order valence-electron chi connectivity index (χ1n) is 6.05. The fourth-order valence-corrected chi connectivity index (χ4v) is 2.25. The molecule has 0 fully saturated rings. The quantitative estimate of drug-likeness (QED) is 0.803. The Morgan fingerprint density at radius 3 is 2.90 bits per heavy atom. The van der Waals surface area contributed by atoms with Crippen LogP contribution in [-0.4, -0.2) is 21.6 Å². The number of hydrogen-bond acceptors (Lipinski definition) is 4. The first-order chi connectivity index (χ1) is 9.69. The summed E-state index contributed by atoms with van der Waals surface area (Å²) in [5, 5.41) is 4.82. The van der Waals surface area contributed by atoms with Crippen molar-refractivity contribution in [2.45, 2.75) is 0 Å². The van der Waals surface area contributed by atoms with E-state index < -0.39 is 0 Å². The molecule has 0 aliphatic rings. The maximum absolute atomic E-state index is 6.03. The normalized spacial score (nSPS) is 10.8. The standard InChI is InChI=1S/C14H13ClN4O/c1-19-6-5-10-13(16-8-17-14(10)19)18-11-7-9(15)3-4-12(11)20-2/h3-8H,1-2H3,(H,16,17,18). The zero-order valence-electron chi connectivity index (χ0n) is 11.1.